The quantitative estimate of drug-likeness (QED) is 0.441. The van der Waals surface area contributed by atoms with Crippen molar-refractivity contribution in [3.05, 3.63) is 23.1 Å². The van der Waals surface area contributed by atoms with Crippen molar-refractivity contribution >= 4 is 28.6 Å². The van der Waals surface area contributed by atoms with Gasteiger partial charge in [-0.05, 0) is 11.3 Å². The minimum absolute atomic E-state index is 0.526. The molecule has 0 saturated heterocycles. The molecule has 0 radical (unpaired) electrons. The molecule has 0 bridgehead atoms. The summed E-state index contributed by atoms with van der Waals surface area (Å²) in [7, 11) is 0. The lowest BCUT2D eigenvalue weighted by molar-refractivity contribution is 1.07. The molecule has 0 aromatic rings. The SMILES string of the molecule is SC1=CCC(Br)C=C1. The van der Waals surface area contributed by atoms with Gasteiger partial charge in [-0.1, -0.05) is 34.2 Å². The van der Waals surface area contributed by atoms with E-state index in [2.05, 4.69) is 40.7 Å². The number of rotatable bonds is 0. The first-order valence-electron chi connectivity index (χ1n) is 2.50. The molecule has 8 heavy (non-hydrogen) atoms. The van der Waals surface area contributed by atoms with Crippen molar-refractivity contribution in [2.75, 3.05) is 0 Å². The van der Waals surface area contributed by atoms with Crippen LogP contribution in [0.5, 0.6) is 0 Å². The average Bonchev–Trinajstić information content (AvgIpc) is 1.77. The van der Waals surface area contributed by atoms with E-state index in [1.54, 1.807) is 0 Å². The van der Waals surface area contributed by atoms with Crippen LogP contribution in [-0.2, 0) is 0 Å². The zero-order chi connectivity index (χ0) is 5.98. The number of allylic oxidation sites excluding steroid dienone is 3. The van der Waals surface area contributed by atoms with E-state index in [1.807, 2.05) is 6.08 Å². The van der Waals surface area contributed by atoms with Gasteiger partial charge < -0.3 is 0 Å². The van der Waals surface area contributed by atoms with Crippen LogP contribution in [0.2, 0.25) is 0 Å². The molecule has 1 aliphatic carbocycles. The molecule has 1 atom stereocenters. The van der Waals surface area contributed by atoms with Crippen LogP contribution in [0.4, 0.5) is 0 Å². The third kappa shape index (κ3) is 1.67. The second-order valence-electron chi connectivity index (χ2n) is 1.74. The van der Waals surface area contributed by atoms with E-state index in [9.17, 15) is 0 Å². The van der Waals surface area contributed by atoms with Crippen LogP contribution in [0.15, 0.2) is 23.1 Å². The number of hydrogen-bond acceptors (Lipinski definition) is 1. The smallest absolute Gasteiger partial charge is 0.0363 e. The van der Waals surface area contributed by atoms with Crippen LogP contribution < -0.4 is 0 Å². The van der Waals surface area contributed by atoms with Gasteiger partial charge in [-0.15, -0.1) is 12.6 Å². The number of thiol groups is 1. The summed E-state index contributed by atoms with van der Waals surface area (Å²) in [5.74, 6) is 0. The fourth-order valence-corrected chi connectivity index (χ4v) is 1.11. The maximum atomic E-state index is 4.16. The second-order valence-corrected chi connectivity index (χ2v) is 3.43. The van der Waals surface area contributed by atoms with Gasteiger partial charge in [-0.3, -0.25) is 0 Å². The lowest BCUT2D eigenvalue weighted by atomic mass is 10.2. The van der Waals surface area contributed by atoms with Gasteiger partial charge in [0.15, 0.2) is 0 Å². The molecule has 1 unspecified atom stereocenters. The van der Waals surface area contributed by atoms with Gasteiger partial charge in [-0.25, -0.2) is 0 Å². The molecule has 0 saturated carbocycles. The Morgan fingerprint density at radius 3 is 2.88 bits per heavy atom. The monoisotopic (exact) mass is 190 g/mol. The van der Waals surface area contributed by atoms with E-state index in [1.165, 1.54) is 0 Å². The first-order valence-corrected chi connectivity index (χ1v) is 3.87. The molecule has 0 amide bonds. The lowest BCUT2D eigenvalue weighted by Crippen LogP contribution is -1.93. The normalized spacial score (nSPS) is 27.8. The topological polar surface area (TPSA) is 0 Å². The van der Waals surface area contributed by atoms with E-state index in [0.717, 1.165) is 11.3 Å². The molecule has 1 rings (SSSR count). The molecule has 1 aliphatic rings. The molecule has 0 aromatic carbocycles. The highest BCUT2D eigenvalue weighted by Gasteiger charge is 2.00. The summed E-state index contributed by atoms with van der Waals surface area (Å²) in [5.41, 5.74) is 0. The molecule has 0 N–H and O–H groups in total. The van der Waals surface area contributed by atoms with Gasteiger partial charge in [0.05, 0.1) is 0 Å². The molecule has 0 spiro atoms. The minimum Gasteiger partial charge on any atom is -0.144 e. The second kappa shape index (κ2) is 2.74. The Morgan fingerprint density at radius 1 is 1.75 bits per heavy atom. The standard InChI is InChI=1S/C6H7BrS/c7-5-1-3-6(8)4-2-5/h1,3-5,8H,2H2. The van der Waals surface area contributed by atoms with Crippen LogP contribution in [0.25, 0.3) is 0 Å². The zero-order valence-corrected chi connectivity index (χ0v) is 6.82. The van der Waals surface area contributed by atoms with Crippen molar-refractivity contribution in [3.8, 4) is 0 Å². The molecule has 0 fully saturated rings. The van der Waals surface area contributed by atoms with Crippen molar-refractivity contribution in [2.45, 2.75) is 11.2 Å². The molecule has 0 heterocycles. The van der Waals surface area contributed by atoms with Gasteiger partial charge in [0.1, 0.15) is 0 Å². The highest BCUT2D eigenvalue weighted by Crippen LogP contribution is 2.17. The van der Waals surface area contributed by atoms with E-state index in [-0.39, 0.29) is 0 Å². The lowest BCUT2D eigenvalue weighted by Gasteiger charge is -2.04. The van der Waals surface area contributed by atoms with Gasteiger partial charge in [0, 0.05) is 4.83 Å². The first-order chi connectivity index (χ1) is 3.79. The number of halogens is 1. The van der Waals surface area contributed by atoms with E-state index >= 15 is 0 Å². The van der Waals surface area contributed by atoms with Crippen molar-refractivity contribution in [2.24, 2.45) is 0 Å². The highest BCUT2D eigenvalue weighted by molar-refractivity contribution is 9.09. The number of hydrogen-bond donors (Lipinski definition) is 1. The Balaban J connectivity index is 2.58. The predicted octanol–water partition coefficient (Wildman–Crippen LogP) is 2.52. The Bertz CT molecular complexity index is 137. The van der Waals surface area contributed by atoms with Crippen molar-refractivity contribution in [1.82, 2.24) is 0 Å². The zero-order valence-electron chi connectivity index (χ0n) is 4.34. The molecular formula is C6H7BrS. The summed E-state index contributed by atoms with van der Waals surface area (Å²) in [6.45, 7) is 0. The van der Waals surface area contributed by atoms with Crippen LogP contribution in [0.3, 0.4) is 0 Å². The fraction of sp³-hybridized carbons (Fsp3) is 0.333. The van der Waals surface area contributed by atoms with Crippen LogP contribution in [-0.4, -0.2) is 4.83 Å². The Labute approximate surface area is 63.2 Å². The summed E-state index contributed by atoms with van der Waals surface area (Å²) < 4.78 is 0. The third-order valence-electron chi connectivity index (χ3n) is 1.03. The van der Waals surface area contributed by atoms with Crippen LogP contribution >= 0.6 is 28.6 Å². The van der Waals surface area contributed by atoms with Gasteiger partial charge in [0.2, 0.25) is 0 Å². The molecule has 0 aliphatic heterocycles. The fourth-order valence-electron chi connectivity index (χ4n) is 0.583. The molecule has 2 heteroatoms. The first kappa shape index (κ1) is 6.43. The van der Waals surface area contributed by atoms with Gasteiger partial charge in [-0.2, -0.15) is 0 Å². The van der Waals surface area contributed by atoms with Crippen LogP contribution in [0, 0.1) is 0 Å². The predicted molar refractivity (Wildman–Crippen MR) is 43.5 cm³/mol. The van der Waals surface area contributed by atoms with Crippen molar-refractivity contribution in [3.63, 3.8) is 0 Å². The summed E-state index contributed by atoms with van der Waals surface area (Å²) >= 11 is 7.61. The van der Waals surface area contributed by atoms with Crippen molar-refractivity contribution in [1.29, 1.82) is 0 Å². The Hall–Kier alpha value is 0.310. The van der Waals surface area contributed by atoms with E-state index < -0.39 is 0 Å². The summed E-state index contributed by atoms with van der Waals surface area (Å²) in [5, 5.41) is 0. The van der Waals surface area contributed by atoms with Crippen LogP contribution in [0.1, 0.15) is 6.42 Å². The highest BCUT2D eigenvalue weighted by atomic mass is 79.9. The maximum absolute atomic E-state index is 4.16. The maximum Gasteiger partial charge on any atom is 0.0363 e. The molecule has 44 valence electrons. The largest absolute Gasteiger partial charge is 0.144 e. The molecule has 0 aromatic heterocycles. The minimum atomic E-state index is 0.526. The summed E-state index contributed by atoms with van der Waals surface area (Å²) in [6, 6.07) is 0. The number of alkyl halides is 1. The summed E-state index contributed by atoms with van der Waals surface area (Å²) in [4.78, 5) is 1.60. The molecular weight excluding hydrogens is 184 g/mol. The van der Waals surface area contributed by atoms with Gasteiger partial charge in [0.25, 0.3) is 0 Å². The van der Waals surface area contributed by atoms with Crippen molar-refractivity contribution < 1.29 is 0 Å². The van der Waals surface area contributed by atoms with E-state index in [4.69, 9.17) is 0 Å². The molecule has 0 nitrogen and oxygen atoms in total. The van der Waals surface area contributed by atoms with E-state index in [0.29, 0.717) is 4.83 Å². The average molecular weight is 191 g/mol. The third-order valence-corrected chi connectivity index (χ3v) is 2.04. The Morgan fingerprint density at radius 2 is 2.50 bits per heavy atom. The Kier molecular flexibility index (Phi) is 2.20. The van der Waals surface area contributed by atoms with Gasteiger partial charge >= 0.3 is 0 Å². The summed E-state index contributed by atoms with van der Waals surface area (Å²) in [6.07, 6.45) is 7.27.